The molecule has 1 fully saturated rings. The Balaban J connectivity index is 1.74. The average molecular weight is 482 g/mol. The van der Waals surface area contributed by atoms with Crippen molar-refractivity contribution in [1.29, 1.82) is 0 Å². The Hall–Kier alpha value is -1.19. The van der Waals surface area contributed by atoms with E-state index in [4.69, 9.17) is 0 Å². The van der Waals surface area contributed by atoms with Crippen LogP contribution in [-0.4, -0.2) is 45.8 Å². The van der Waals surface area contributed by atoms with Gasteiger partial charge in [-0.05, 0) is 22.1 Å². The van der Waals surface area contributed by atoms with Gasteiger partial charge in [0.2, 0.25) is 5.78 Å². The SMILES string of the molecule is O=C1C2=C3C4c5c1[nH]c(Br)c5CC[NH+]4C1C(O)C(Br)=CC3(C=CN2)C1O. The Kier molecular flexibility index (Phi) is 2.92. The summed E-state index contributed by atoms with van der Waals surface area (Å²) in [7, 11) is 0. The number of hydrogen-bond acceptors (Lipinski definition) is 4. The second kappa shape index (κ2) is 4.80. The number of halogens is 2. The monoisotopic (exact) mass is 480 g/mol. The Morgan fingerprint density at radius 2 is 2.12 bits per heavy atom. The van der Waals surface area contributed by atoms with Crippen molar-refractivity contribution < 1.29 is 19.9 Å². The molecule has 8 heteroatoms. The summed E-state index contributed by atoms with van der Waals surface area (Å²) in [5.41, 5.74) is 3.49. The number of piperidine rings is 1. The number of dihydropyridines is 1. The molecule has 134 valence electrons. The molecule has 2 aliphatic carbocycles. The molecule has 0 radical (unpaired) electrons. The van der Waals surface area contributed by atoms with Crippen LogP contribution in [0.1, 0.15) is 27.7 Å². The van der Waals surface area contributed by atoms with Crippen molar-refractivity contribution in [2.75, 3.05) is 6.54 Å². The molecule has 0 saturated carbocycles. The van der Waals surface area contributed by atoms with Crippen molar-refractivity contribution in [3.63, 3.8) is 0 Å². The van der Waals surface area contributed by atoms with Gasteiger partial charge < -0.3 is 25.4 Å². The van der Waals surface area contributed by atoms with Gasteiger partial charge in [-0.15, -0.1) is 0 Å². The Morgan fingerprint density at radius 1 is 1.31 bits per heavy atom. The first-order valence-electron chi connectivity index (χ1n) is 8.69. The van der Waals surface area contributed by atoms with E-state index in [2.05, 4.69) is 42.2 Å². The molecule has 0 amide bonds. The molecule has 5 aliphatic rings. The molecule has 1 aromatic heterocycles. The number of fused-ring (bicyclic) bond motifs is 2. The van der Waals surface area contributed by atoms with E-state index in [0.29, 0.717) is 15.9 Å². The number of H-pyrrole nitrogens is 1. The number of carbonyl (C=O) groups is 1. The number of quaternary nitrogens is 1. The van der Waals surface area contributed by atoms with Crippen LogP contribution in [0.5, 0.6) is 0 Å². The number of rotatable bonds is 0. The lowest BCUT2D eigenvalue weighted by atomic mass is 9.58. The van der Waals surface area contributed by atoms with E-state index in [9.17, 15) is 15.0 Å². The van der Waals surface area contributed by atoms with Crippen LogP contribution in [0.4, 0.5) is 0 Å². The van der Waals surface area contributed by atoms with Gasteiger partial charge in [0, 0.05) is 27.6 Å². The summed E-state index contributed by atoms with van der Waals surface area (Å²) in [6.07, 6.45) is 4.80. The Morgan fingerprint density at radius 3 is 2.92 bits per heavy atom. The molecular weight excluding hydrogens is 466 g/mol. The van der Waals surface area contributed by atoms with Crippen LogP contribution >= 0.6 is 31.9 Å². The summed E-state index contributed by atoms with van der Waals surface area (Å²) in [5.74, 6) is -0.0653. The largest absolute Gasteiger partial charge is 0.385 e. The minimum absolute atomic E-state index is 0.0543. The highest BCUT2D eigenvalue weighted by molar-refractivity contribution is 9.11. The van der Waals surface area contributed by atoms with Gasteiger partial charge in [-0.3, -0.25) is 4.79 Å². The maximum absolute atomic E-state index is 13.2. The third-order valence-electron chi connectivity index (χ3n) is 6.74. The predicted molar refractivity (Wildman–Crippen MR) is 99.6 cm³/mol. The first-order chi connectivity index (χ1) is 12.5. The van der Waals surface area contributed by atoms with E-state index < -0.39 is 17.6 Å². The molecule has 4 heterocycles. The molecule has 2 bridgehead atoms. The number of allylic oxidation sites excluding steroid dienone is 1. The first kappa shape index (κ1) is 15.8. The van der Waals surface area contributed by atoms with Crippen LogP contribution in [-0.2, 0) is 6.42 Å². The summed E-state index contributed by atoms with van der Waals surface area (Å²) in [4.78, 5) is 17.6. The number of carbonyl (C=O) groups excluding carboxylic acids is 1. The van der Waals surface area contributed by atoms with Crippen molar-refractivity contribution in [2.45, 2.75) is 30.7 Å². The second-order valence-corrected chi connectivity index (χ2v) is 9.40. The highest BCUT2D eigenvalue weighted by Gasteiger charge is 2.66. The van der Waals surface area contributed by atoms with Gasteiger partial charge in [0.05, 0.1) is 28.0 Å². The maximum Gasteiger partial charge on any atom is 0.226 e. The molecule has 1 saturated heterocycles. The van der Waals surface area contributed by atoms with Crippen molar-refractivity contribution in [3.8, 4) is 0 Å². The molecule has 6 rings (SSSR count). The smallest absolute Gasteiger partial charge is 0.226 e. The van der Waals surface area contributed by atoms with Gasteiger partial charge in [0.25, 0.3) is 0 Å². The molecule has 6 nitrogen and oxygen atoms in total. The van der Waals surface area contributed by atoms with Crippen LogP contribution in [0.2, 0.25) is 0 Å². The molecule has 26 heavy (non-hydrogen) atoms. The van der Waals surface area contributed by atoms with Crippen molar-refractivity contribution in [3.05, 3.63) is 55.5 Å². The zero-order valence-electron chi connectivity index (χ0n) is 13.5. The minimum Gasteiger partial charge on any atom is -0.385 e. The van der Waals surface area contributed by atoms with Crippen LogP contribution in [0.3, 0.4) is 0 Å². The number of Topliss-reactive ketones (excluding diaryl/α,β-unsaturated/α-hetero) is 1. The quantitative estimate of drug-likeness (QED) is 0.366. The van der Waals surface area contributed by atoms with E-state index in [1.54, 1.807) is 6.20 Å². The number of ketones is 1. The third-order valence-corrected chi connectivity index (χ3v) is 8.11. The van der Waals surface area contributed by atoms with Crippen molar-refractivity contribution in [1.82, 2.24) is 10.3 Å². The van der Waals surface area contributed by atoms with Crippen LogP contribution in [0, 0.1) is 5.41 Å². The summed E-state index contributed by atoms with van der Waals surface area (Å²) in [6, 6.07) is -0.406. The van der Waals surface area contributed by atoms with E-state index in [1.807, 2.05) is 12.2 Å². The number of hydrogen-bond donors (Lipinski definition) is 5. The maximum atomic E-state index is 13.2. The van der Waals surface area contributed by atoms with Crippen molar-refractivity contribution >= 4 is 37.6 Å². The fraction of sp³-hybridized carbons (Fsp3) is 0.389. The molecule has 1 aromatic rings. The molecular formula is C18H16Br2N3O3+. The summed E-state index contributed by atoms with van der Waals surface area (Å²) >= 11 is 7.09. The highest BCUT2D eigenvalue weighted by Crippen LogP contribution is 2.55. The molecule has 0 aromatic carbocycles. The lowest BCUT2D eigenvalue weighted by Gasteiger charge is -2.57. The fourth-order valence-electron chi connectivity index (χ4n) is 5.74. The second-order valence-electron chi connectivity index (χ2n) is 7.69. The number of aromatic nitrogens is 1. The normalized spacial score (nSPS) is 41.6. The molecule has 6 unspecified atom stereocenters. The van der Waals surface area contributed by atoms with Crippen LogP contribution < -0.4 is 10.2 Å². The molecule has 6 atom stereocenters. The first-order valence-corrected chi connectivity index (χ1v) is 10.3. The topological polar surface area (TPSA) is 89.8 Å². The van der Waals surface area contributed by atoms with Gasteiger partial charge in [-0.25, -0.2) is 0 Å². The van der Waals surface area contributed by atoms with E-state index in [0.717, 1.165) is 39.2 Å². The van der Waals surface area contributed by atoms with Crippen LogP contribution in [0.25, 0.3) is 0 Å². The van der Waals surface area contributed by atoms with Gasteiger partial charge in [-0.1, -0.05) is 28.1 Å². The lowest BCUT2D eigenvalue weighted by Crippen LogP contribution is -3.21. The zero-order chi connectivity index (χ0) is 18.0. The molecule has 1 spiro atoms. The van der Waals surface area contributed by atoms with Gasteiger partial charge in [-0.2, -0.15) is 0 Å². The number of aliphatic hydroxyl groups excluding tert-OH is 2. The van der Waals surface area contributed by atoms with E-state index in [1.165, 1.54) is 0 Å². The predicted octanol–water partition coefficient (Wildman–Crippen LogP) is 0.209. The van der Waals surface area contributed by atoms with Crippen molar-refractivity contribution in [2.24, 2.45) is 5.41 Å². The molecule has 3 aliphatic heterocycles. The van der Waals surface area contributed by atoms with Gasteiger partial charge in [0.1, 0.15) is 24.3 Å². The van der Waals surface area contributed by atoms with Crippen LogP contribution in [0.15, 0.2) is 38.7 Å². The number of aromatic amines is 1. The summed E-state index contributed by atoms with van der Waals surface area (Å²) < 4.78 is 1.54. The van der Waals surface area contributed by atoms with Gasteiger partial charge >= 0.3 is 0 Å². The lowest BCUT2D eigenvalue weighted by molar-refractivity contribution is -0.965. The summed E-state index contributed by atoms with van der Waals surface area (Å²) in [6.45, 7) is 0.789. The highest BCUT2D eigenvalue weighted by atomic mass is 79.9. The van der Waals surface area contributed by atoms with E-state index >= 15 is 0 Å². The van der Waals surface area contributed by atoms with E-state index in [-0.39, 0.29) is 17.9 Å². The Labute approximate surface area is 165 Å². The molecule has 5 N–H and O–H groups in total. The fourth-order valence-corrected chi connectivity index (χ4v) is 7.01. The zero-order valence-corrected chi connectivity index (χ0v) is 16.7. The standard InChI is InChI=1S/C18H15Br2N3O3/c19-7-5-18-2-3-21-11-9(18)12-8-6(17(20)22-10(8)15(11)25)1-4-23(12)13(14(7)24)16(18)26/h2-3,5,12-14,16,21-22,24,26H,1,4H2/p+1. The van der Waals surface area contributed by atoms with Gasteiger partial charge in [0.15, 0.2) is 0 Å². The average Bonchev–Trinajstić information content (AvgIpc) is 2.96. The number of nitrogens with one attached hydrogen (secondary N) is 3. The third kappa shape index (κ3) is 1.54. The summed E-state index contributed by atoms with van der Waals surface area (Å²) in [5, 5.41) is 25.3. The minimum atomic E-state index is -0.785. The number of aliphatic hydroxyl groups is 2. The Bertz CT molecular complexity index is 994.